The lowest BCUT2D eigenvalue weighted by atomic mass is 9.78. The third kappa shape index (κ3) is 7.86. The minimum atomic E-state index is -0.689. The van der Waals surface area contributed by atoms with Gasteiger partial charge in [0.25, 0.3) is 0 Å². The number of piperidine rings is 3. The highest BCUT2D eigenvalue weighted by Crippen LogP contribution is 2.42. The van der Waals surface area contributed by atoms with E-state index in [4.69, 9.17) is 32.6 Å². The number of nitrogens with zero attached hydrogens (tertiary/aromatic N) is 7. The average Bonchev–Trinajstić information content (AvgIpc) is 3.50. The van der Waals surface area contributed by atoms with E-state index in [2.05, 4.69) is 50.9 Å². The maximum Gasteiger partial charge on any atom is 0.329 e. The molecule has 3 aliphatic heterocycles. The molecule has 0 radical (unpaired) electrons. The van der Waals surface area contributed by atoms with Crippen molar-refractivity contribution in [3.8, 4) is 11.5 Å². The largest absolute Gasteiger partial charge is 0.506 e. The second-order valence-corrected chi connectivity index (χ2v) is 16.8. The molecule has 2 amide bonds. The first-order valence-electron chi connectivity index (χ1n) is 20.3. The van der Waals surface area contributed by atoms with Crippen molar-refractivity contribution in [3.05, 3.63) is 111 Å². The number of carbonyl (C=O) groups is 2. The summed E-state index contributed by atoms with van der Waals surface area (Å²) < 4.78 is 14.6. The lowest BCUT2D eigenvalue weighted by Gasteiger charge is -2.41. The summed E-state index contributed by atoms with van der Waals surface area (Å²) >= 11 is 6.47. The standard InChI is InChI=1S/C45H49ClN8O5/c1-45(2,31-24-35(46)41(58-5)36(25-31)47-3)30-6-9-34(10-7-30)59-27-32-14-19-48-43(49-32)53-22-17-29(18-23-53)28-15-20-52(21-16-28)33-8-11-37-39(26-33)51(4)44(57)54(37)38-12-13-40(55)50-42(38)56/h6-11,14,19,24-26,28-29,38H,12-13,15-18,20-23,27H2,1-2,4-5H3,(H,50,55,56). The Kier molecular flexibility index (Phi) is 11.1. The molecule has 14 heteroatoms. The SMILES string of the molecule is [C-]#[N+]c1cc(C(C)(C)c2ccc(OCc3ccnc(N4CCC(C5CCN(c6ccc7c(c6)n(C)c(=O)n7C6CCC(=O)NC6=O)CC5)CC4)n3)cc2)cc(Cl)c1OC. The second-order valence-electron chi connectivity index (χ2n) is 16.4. The van der Waals surface area contributed by atoms with Gasteiger partial charge in [0.1, 0.15) is 24.1 Å². The number of methoxy groups -OCH3 is 1. The molecule has 0 bridgehead atoms. The lowest BCUT2D eigenvalue weighted by Crippen LogP contribution is -2.44. The Morgan fingerprint density at radius 2 is 1.58 bits per heavy atom. The molecule has 1 atom stereocenters. The van der Waals surface area contributed by atoms with Gasteiger partial charge in [-0.15, -0.1) is 0 Å². The molecule has 0 aliphatic carbocycles. The molecule has 3 saturated heterocycles. The number of fused-ring (bicyclic) bond motifs is 1. The van der Waals surface area contributed by atoms with Gasteiger partial charge in [0.15, 0.2) is 0 Å². The second kappa shape index (κ2) is 16.4. The quantitative estimate of drug-likeness (QED) is 0.114. The number of hydrogen-bond donors (Lipinski definition) is 1. The van der Waals surface area contributed by atoms with Crippen LogP contribution in [0.2, 0.25) is 5.02 Å². The number of ether oxygens (including phenoxy) is 2. The summed E-state index contributed by atoms with van der Waals surface area (Å²) in [5.74, 6) is 2.45. The Morgan fingerprint density at radius 1 is 0.881 bits per heavy atom. The fourth-order valence-electron chi connectivity index (χ4n) is 9.11. The fraction of sp³-hybridized carbons (Fsp3) is 0.422. The normalized spacial score (nSPS) is 18.2. The molecule has 5 aromatic rings. The minimum Gasteiger partial charge on any atom is -0.506 e. The van der Waals surface area contributed by atoms with Gasteiger partial charge in [0.2, 0.25) is 23.5 Å². The van der Waals surface area contributed by atoms with Gasteiger partial charge in [-0.3, -0.25) is 24.0 Å². The summed E-state index contributed by atoms with van der Waals surface area (Å²) in [6.07, 6.45) is 6.77. The van der Waals surface area contributed by atoms with Crippen LogP contribution in [0.4, 0.5) is 17.3 Å². The predicted molar refractivity (Wildman–Crippen MR) is 228 cm³/mol. The number of aromatic nitrogens is 4. The van der Waals surface area contributed by atoms with Crippen LogP contribution >= 0.6 is 11.6 Å². The molecular formula is C45H49ClN8O5. The monoisotopic (exact) mass is 816 g/mol. The topological polar surface area (TPSA) is 128 Å². The third-order valence-corrected chi connectivity index (χ3v) is 13.0. The van der Waals surface area contributed by atoms with Crippen molar-refractivity contribution in [1.29, 1.82) is 0 Å². The van der Waals surface area contributed by atoms with Crippen LogP contribution in [0.3, 0.4) is 0 Å². The number of amides is 2. The smallest absolute Gasteiger partial charge is 0.329 e. The van der Waals surface area contributed by atoms with Gasteiger partial charge in [0, 0.05) is 56.9 Å². The number of aryl methyl sites for hydroxylation is 1. The van der Waals surface area contributed by atoms with Gasteiger partial charge in [-0.25, -0.2) is 19.6 Å². The number of anilines is 2. The molecular weight excluding hydrogens is 768 g/mol. The number of imidazole rings is 1. The number of rotatable bonds is 10. The number of carbonyl (C=O) groups excluding carboxylic acids is 2. The summed E-state index contributed by atoms with van der Waals surface area (Å²) in [5, 5.41) is 2.80. The van der Waals surface area contributed by atoms with Gasteiger partial charge in [-0.1, -0.05) is 37.6 Å². The zero-order valence-corrected chi connectivity index (χ0v) is 34.7. The van der Waals surface area contributed by atoms with E-state index >= 15 is 0 Å². The van der Waals surface area contributed by atoms with Crippen LogP contribution in [0.25, 0.3) is 15.9 Å². The van der Waals surface area contributed by atoms with Crippen molar-refractivity contribution in [2.45, 2.75) is 70.4 Å². The molecule has 1 N–H and O–H groups in total. The first kappa shape index (κ1) is 39.9. The third-order valence-electron chi connectivity index (χ3n) is 12.7. The van der Waals surface area contributed by atoms with Gasteiger partial charge >= 0.3 is 5.69 Å². The maximum atomic E-state index is 13.3. The zero-order chi connectivity index (χ0) is 41.4. The van der Waals surface area contributed by atoms with Gasteiger partial charge in [-0.2, -0.15) is 0 Å². The Labute approximate surface area is 348 Å². The molecule has 3 aliphatic rings. The number of nitrogens with one attached hydrogen (secondary N) is 1. The number of imide groups is 1. The lowest BCUT2D eigenvalue weighted by molar-refractivity contribution is -0.135. The highest BCUT2D eigenvalue weighted by molar-refractivity contribution is 6.32. The van der Waals surface area contributed by atoms with Crippen LogP contribution in [-0.2, 0) is 28.7 Å². The molecule has 1 unspecified atom stereocenters. The summed E-state index contributed by atoms with van der Waals surface area (Å²) in [6.45, 7) is 15.8. The Balaban J connectivity index is 0.832. The molecule has 13 nitrogen and oxygen atoms in total. The van der Waals surface area contributed by atoms with Crippen LogP contribution < -0.4 is 30.3 Å². The predicted octanol–water partition coefficient (Wildman–Crippen LogP) is 7.36. The summed E-state index contributed by atoms with van der Waals surface area (Å²) in [6, 6.07) is 19.0. The van der Waals surface area contributed by atoms with Crippen LogP contribution in [0.1, 0.15) is 75.2 Å². The summed E-state index contributed by atoms with van der Waals surface area (Å²) in [4.78, 5) is 55.4. The molecule has 306 valence electrons. The van der Waals surface area contributed by atoms with E-state index < -0.39 is 17.4 Å². The Bertz CT molecular complexity index is 2490. The maximum absolute atomic E-state index is 13.3. The molecule has 2 aromatic heterocycles. The fourth-order valence-corrected chi connectivity index (χ4v) is 9.40. The average molecular weight is 817 g/mol. The van der Waals surface area contributed by atoms with E-state index in [1.54, 1.807) is 11.6 Å². The minimum absolute atomic E-state index is 0.220. The Hall–Kier alpha value is -5.87. The van der Waals surface area contributed by atoms with E-state index in [0.717, 1.165) is 91.6 Å². The molecule has 0 spiro atoms. The summed E-state index contributed by atoms with van der Waals surface area (Å²) in [7, 11) is 3.26. The van der Waals surface area contributed by atoms with E-state index in [1.807, 2.05) is 54.7 Å². The van der Waals surface area contributed by atoms with Gasteiger partial charge < -0.3 is 19.3 Å². The zero-order valence-electron chi connectivity index (χ0n) is 33.9. The van der Waals surface area contributed by atoms with Gasteiger partial charge in [0.05, 0.1) is 35.4 Å². The molecule has 8 rings (SSSR count). The van der Waals surface area contributed by atoms with Crippen LogP contribution in [0, 0.1) is 18.4 Å². The van der Waals surface area contributed by atoms with Gasteiger partial charge in [-0.05, 0) is 104 Å². The van der Waals surface area contributed by atoms with Crippen molar-refractivity contribution >= 4 is 51.8 Å². The van der Waals surface area contributed by atoms with E-state index in [0.29, 0.717) is 46.8 Å². The number of benzene rings is 3. The van der Waals surface area contributed by atoms with Crippen molar-refractivity contribution in [1.82, 2.24) is 24.4 Å². The van der Waals surface area contributed by atoms with Crippen LogP contribution in [0.15, 0.2) is 71.7 Å². The first-order valence-corrected chi connectivity index (χ1v) is 20.7. The van der Waals surface area contributed by atoms with Crippen molar-refractivity contribution < 1.29 is 19.1 Å². The van der Waals surface area contributed by atoms with Crippen LogP contribution in [-0.4, -0.2) is 64.2 Å². The first-order chi connectivity index (χ1) is 28.4. The highest BCUT2D eigenvalue weighted by atomic mass is 35.5. The Morgan fingerprint density at radius 3 is 2.24 bits per heavy atom. The molecule has 59 heavy (non-hydrogen) atoms. The highest BCUT2D eigenvalue weighted by Gasteiger charge is 2.33. The number of halogens is 1. The molecule has 5 heterocycles. The van der Waals surface area contributed by atoms with E-state index in [9.17, 15) is 14.4 Å². The van der Waals surface area contributed by atoms with Crippen LogP contribution in [0.5, 0.6) is 11.5 Å². The molecule has 0 saturated carbocycles. The van der Waals surface area contributed by atoms with Crippen molar-refractivity contribution in [3.63, 3.8) is 0 Å². The van der Waals surface area contributed by atoms with Crippen molar-refractivity contribution in [2.75, 3.05) is 43.1 Å². The van der Waals surface area contributed by atoms with E-state index in [1.165, 1.54) is 11.7 Å². The molecule has 3 fully saturated rings. The van der Waals surface area contributed by atoms with Crippen molar-refractivity contribution in [2.24, 2.45) is 18.9 Å². The summed E-state index contributed by atoms with van der Waals surface area (Å²) in [5.41, 5.74) is 5.11. The number of hydrogen-bond acceptors (Lipinski definition) is 9. The van der Waals surface area contributed by atoms with E-state index in [-0.39, 0.29) is 18.0 Å². The molecule has 3 aromatic carbocycles.